The molecule has 0 aliphatic heterocycles. The normalized spacial score (nSPS) is 11.1. The van der Waals surface area contributed by atoms with Gasteiger partial charge >= 0.3 is 0 Å². The Bertz CT molecular complexity index is 1150. The fraction of sp³-hybridized carbons (Fsp3) is 0.182. The molecule has 0 saturated heterocycles. The number of carbonyl (C=O) groups is 1. The smallest absolute Gasteiger partial charge is 0.294 e. The van der Waals surface area contributed by atoms with Crippen LogP contribution < -0.4 is 5.32 Å². The van der Waals surface area contributed by atoms with Crippen molar-refractivity contribution in [2.45, 2.75) is 27.7 Å². The van der Waals surface area contributed by atoms with Crippen LogP contribution >= 0.6 is 0 Å². The molecule has 0 fully saturated rings. The molecule has 27 heavy (non-hydrogen) atoms. The van der Waals surface area contributed by atoms with Crippen molar-refractivity contribution in [3.63, 3.8) is 0 Å². The number of aryl methyl sites for hydroxylation is 4. The molecule has 0 unspecified atom stereocenters. The molecular formula is C22H20N2O3. The molecule has 4 rings (SSSR count). The highest BCUT2D eigenvalue weighted by Gasteiger charge is 2.20. The lowest BCUT2D eigenvalue weighted by molar-refractivity contribution is 0.0994. The second-order valence-electron chi connectivity index (χ2n) is 6.89. The molecule has 0 aliphatic rings. The van der Waals surface area contributed by atoms with Crippen LogP contribution in [-0.2, 0) is 0 Å². The number of rotatable bonds is 3. The lowest BCUT2D eigenvalue weighted by atomic mass is 10.1. The Morgan fingerprint density at radius 2 is 1.67 bits per heavy atom. The van der Waals surface area contributed by atoms with E-state index in [0.717, 1.165) is 27.6 Å². The largest absolute Gasteiger partial charge is 0.451 e. The zero-order valence-corrected chi connectivity index (χ0v) is 15.7. The predicted molar refractivity (Wildman–Crippen MR) is 105 cm³/mol. The molecule has 136 valence electrons. The van der Waals surface area contributed by atoms with Gasteiger partial charge in [0.2, 0.25) is 5.88 Å². The Morgan fingerprint density at radius 1 is 0.963 bits per heavy atom. The van der Waals surface area contributed by atoms with Crippen molar-refractivity contribution >= 4 is 22.8 Å². The molecule has 5 nitrogen and oxygen atoms in total. The van der Waals surface area contributed by atoms with Gasteiger partial charge in [0.05, 0.1) is 0 Å². The van der Waals surface area contributed by atoms with Gasteiger partial charge in [-0.1, -0.05) is 35.0 Å². The van der Waals surface area contributed by atoms with Gasteiger partial charge in [0.25, 0.3) is 5.91 Å². The zero-order chi connectivity index (χ0) is 19.1. The van der Waals surface area contributed by atoms with E-state index in [4.69, 9.17) is 8.94 Å². The second-order valence-corrected chi connectivity index (χ2v) is 6.89. The summed E-state index contributed by atoms with van der Waals surface area (Å²) in [6.45, 7) is 7.97. The van der Waals surface area contributed by atoms with Crippen molar-refractivity contribution in [1.29, 1.82) is 0 Å². The van der Waals surface area contributed by atoms with E-state index in [1.165, 1.54) is 5.56 Å². The lowest BCUT2D eigenvalue weighted by Crippen LogP contribution is -2.11. The Labute approximate surface area is 157 Å². The average Bonchev–Trinajstić information content (AvgIpc) is 3.22. The number of fused-ring (bicyclic) bond motifs is 1. The van der Waals surface area contributed by atoms with E-state index in [-0.39, 0.29) is 17.6 Å². The Hall–Kier alpha value is -3.34. The minimum absolute atomic E-state index is 0.280. The van der Waals surface area contributed by atoms with E-state index in [2.05, 4.69) is 10.5 Å². The number of furan rings is 1. The Kier molecular flexibility index (Phi) is 4.07. The van der Waals surface area contributed by atoms with Gasteiger partial charge in [-0.2, -0.15) is 0 Å². The number of benzene rings is 2. The van der Waals surface area contributed by atoms with Gasteiger partial charge in [-0.3, -0.25) is 10.1 Å². The third-order valence-corrected chi connectivity index (χ3v) is 4.85. The summed E-state index contributed by atoms with van der Waals surface area (Å²) in [7, 11) is 0. The number of hydrogen-bond acceptors (Lipinski definition) is 4. The number of amides is 1. The van der Waals surface area contributed by atoms with Crippen LogP contribution in [0.3, 0.4) is 0 Å². The van der Waals surface area contributed by atoms with Crippen molar-refractivity contribution in [2.75, 3.05) is 5.32 Å². The molecule has 0 aliphatic carbocycles. The van der Waals surface area contributed by atoms with Crippen molar-refractivity contribution in [3.05, 3.63) is 70.5 Å². The molecule has 2 heterocycles. The standard InChI is InChI=1S/C22H20N2O3/c1-12-5-7-16(8-6-12)18-11-20(27-24-18)23-22(25)21-15(4)17-9-13(2)14(3)10-19(17)26-21/h5-11H,1-4H3,(H,23,25). The molecule has 2 aromatic heterocycles. The van der Waals surface area contributed by atoms with Crippen LogP contribution in [0.4, 0.5) is 5.88 Å². The van der Waals surface area contributed by atoms with Gasteiger partial charge in [0.1, 0.15) is 11.3 Å². The maximum Gasteiger partial charge on any atom is 0.294 e. The Balaban J connectivity index is 1.60. The average molecular weight is 360 g/mol. The van der Waals surface area contributed by atoms with E-state index < -0.39 is 0 Å². The summed E-state index contributed by atoms with van der Waals surface area (Å²) in [4.78, 5) is 12.7. The first-order chi connectivity index (χ1) is 12.9. The third kappa shape index (κ3) is 3.12. The number of nitrogens with one attached hydrogen (secondary N) is 1. The van der Waals surface area contributed by atoms with Gasteiger partial charge in [-0.05, 0) is 51.0 Å². The van der Waals surface area contributed by atoms with Gasteiger partial charge in [-0.25, -0.2) is 0 Å². The van der Waals surface area contributed by atoms with E-state index in [1.807, 2.05) is 64.1 Å². The molecule has 0 atom stereocenters. The molecule has 2 aromatic carbocycles. The summed E-state index contributed by atoms with van der Waals surface area (Å²) in [5.74, 6) is 0.205. The van der Waals surface area contributed by atoms with Crippen LogP contribution in [0.25, 0.3) is 22.2 Å². The minimum atomic E-state index is -0.356. The van der Waals surface area contributed by atoms with Crippen LogP contribution in [0, 0.1) is 27.7 Å². The van der Waals surface area contributed by atoms with Gasteiger partial charge < -0.3 is 8.94 Å². The van der Waals surface area contributed by atoms with Gasteiger partial charge in [0.15, 0.2) is 5.76 Å². The number of anilines is 1. The van der Waals surface area contributed by atoms with Crippen LogP contribution in [0.2, 0.25) is 0 Å². The first-order valence-electron chi connectivity index (χ1n) is 8.78. The highest BCUT2D eigenvalue weighted by Crippen LogP contribution is 2.29. The van der Waals surface area contributed by atoms with Crippen molar-refractivity contribution in [1.82, 2.24) is 5.16 Å². The molecule has 0 saturated carbocycles. The van der Waals surface area contributed by atoms with E-state index in [1.54, 1.807) is 6.07 Å². The lowest BCUT2D eigenvalue weighted by Gasteiger charge is -1.99. The molecule has 5 heteroatoms. The summed E-state index contributed by atoms with van der Waals surface area (Å²) < 4.78 is 11.1. The zero-order valence-electron chi connectivity index (χ0n) is 15.7. The van der Waals surface area contributed by atoms with E-state index in [9.17, 15) is 4.79 Å². The molecule has 1 amide bonds. The molecule has 1 N–H and O–H groups in total. The van der Waals surface area contributed by atoms with Gasteiger partial charge in [0, 0.05) is 22.6 Å². The Morgan fingerprint density at radius 3 is 2.41 bits per heavy atom. The van der Waals surface area contributed by atoms with Crippen molar-refractivity contribution in [2.24, 2.45) is 0 Å². The summed E-state index contributed by atoms with van der Waals surface area (Å²) >= 11 is 0. The number of aromatic nitrogens is 1. The third-order valence-electron chi connectivity index (χ3n) is 4.85. The predicted octanol–water partition coefficient (Wildman–Crippen LogP) is 5.57. The van der Waals surface area contributed by atoms with Crippen LogP contribution in [0.5, 0.6) is 0 Å². The second kappa shape index (κ2) is 6.43. The fourth-order valence-electron chi connectivity index (χ4n) is 3.06. The SMILES string of the molecule is Cc1ccc(-c2cc(NC(=O)c3oc4cc(C)c(C)cc4c3C)on2)cc1. The summed E-state index contributed by atoms with van der Waals surface area (Å²) in [6, 6.07) is 13.6. The quantitative estimate of drug-likeness (QED) is 0.518. The van der Waals surface area contributed by atoms with E-state index in [0.29, 0.717) is 11.3 Å². The summed E-state index contributed by atoms with van der Waals surface area (Å²) in [5.41, 5.74) is 6.57. The summed E-state index contributed by atoms with van der Waals surface area (Å²) in [6.07, 6.45) is 0. The van der Waals surface area contributed by atoms with E-state index >= 15 is 0 Å². The molecule has 4 aromatic rings. The van der Waals surface area contributed by atoms with Crippen LogP contribution in [0.15, 0.2) is 51.4 Å². The fourth-order valence-corrected chi connectivity index (χ4v) is 3.06. The number of carbonyl (C=O) groups excluding carboxylic acids is 1. The van der Waals surface area contributed by atoms with Crippen molar-refractivity contribution in [3.8, 4) is 11.3 Å². The minimum Gasteiger partial charge on any atom is -0.451 e. The topological polar surface area (TPSA) is 68.3 Å². The number of nitrogens with zero attached hydrogens (tertiary/aromatic N) is 1. The molecule has 0 spiro atoms. The maximum atomic E-state index is 12.7. The highest BCUT2D eigenvalue weighted by atomic mass is 16.5. The van der Waals surface area contributed by atoms with Gasteiger partial charge in [-0.15, -0.1) is 0 Å². The number of hydrogen-bond donors (Lipinski definition) is 1. The maximum absolute atomic E-state index is 12.7. The summed E-state index contributed by atoms with van der Waals surface area (Å²) in [5, 5.41) is 7.71. The molecular weight excluding hydrogens is 340 g/mol. The molecule has 0 bridgehead atoms. The van der Waals surface area contributed by atoms with Crippen molar-refractivity contribution < 1.29 is 13.7 Å². The van der Waals surface area contributed by atoms with Crippen LogP contribution in [0.1, 0.15) is 32.8 Å². The first kappa shape index (κ1) is 17.1. The first-order valence-corrected chi connectivity index (χ1v) is 8.78. The monoisotopic (exact) mass is 360 g/mol. The van der Waals surface area contributed by atoms with Crippen LogP contribution in [-0.4, -0.2) is 11.1 Å². The molecule has 0 radical (unpaired) electrons. The highest BCUT2D eigenvalue weighted by molar-refractivity contribution is 6.06.